The largest absolute Gasteiger partial charge is 0.359 e. The standard InChI is InChI=1S/C19H26Cl2N2O4/c1-22-12-8-13(11-5-6-14(20)15(21)7-11)17(19(24)23(2)26-4)18(22)16(9-12)27-10-25-3/h5-7,12-13,16-18H,8-10H2,1-4H3/t12-,13+,16-,17+,18-/m1/s1. The minimum atomic E-state index is -0.321. The van der Waals surface area contributed by atoms with Gasteiger partial charge in [-0.2, -0.15) is 0 Å². The fraction of sp³-hybridized carbons (Fsp3) is 0.632. The number of ether oxygens (including phenoxy) is 2. The van der Waals surface area contributed by atoms with Crippen LogP contribution in [0.1, 0.15) is 24.3 Å². The molecule has 2 aliphatic heterocycles. The summed E-state index contributed by atoms with van der Waals surface area (Å²) in [6.45, 7) is 0.209. The van der Waals surface area contributed by atoms with Crippen LogP contribution in [0.3, 0.4) is 0 Å². The van der Waals surface area contributed by atoms with Gasteiger partial charge in [-0.25, -0.2) is 5.06 Å². The first-order valence-electron chi connectivity index (χ1n) is 8.98. The van der Waals surface area contributed by atoms with Gasteiger partial charge >= 0.3 is 0 Å². The van der Waals surface area contributed by atoms with E-state index in [1.165, 1.54) is 12.2 Å². The highest BCUT2D eigenvalue weighted by Gasteiger charge is 2.55. The van der Waals surface area contributed by atoms with Crippen LogP contribution in [0.5, 0.6) is 0 Å². The number of nitrogens with zero attached hydrogens (tertiary/aromatic N) is 2. The lowest BCUT2D eigenvalue weighted by atomic mass is 9.75. The van der Waals surface area contributed by atoms with E-state index in [2.05, 4.69) is 11.9 Å². The second kappa shape index (κ2) is 8.64. The Labute approximate surface area is 170 Å². The maximum absolute atomic E-state index is 13.2. The number of rotatable bonds is 6. The van der Waals surface area contributed by atoms with Crippen molar-refractivity contribution < 1.29 is 19.1 Å². The van der Waals surface area contributed by atoms with Gasteiger partial charge in [-0.05, 0) is 43.5 Å². The van der Waals surface area contributed by atoms with Gasteiger partial charge in [0.15, 0.2) is 0 Å². The van der Waals surface area contributed by atoms with Gasteiger partial charge in [0.25, 0.3) is 5.91 Å². The first kappa shape index (κ1) is 20.8. The molecule has 0 spiro atoms. The predicted molar refractivity (Wildman–Crippen MR) is 104 cm³/mol. The first-order valence-corrected chi connectivity index (χ1v) is 9.73. The van der Waals surface area contributed by atoms with Gasteiger partial charge in [0.1, 0.15) is 6.79 Å². The number of benzene rings is 1. The summed E-state index contributed by atoms with van der Waals surface area (Å²) < 4.78 is 11.0. The zero-order valence-electron chi connectivity index (χ0n) is 16.0. The third-order valence-corrected chi connectivity index (χ3v) is 6.64. The Kier molecular flexibility index (Phi) is 6.66. The third kappa shape index (κ3) is 3.97. The molecule has 0 unspecified atom stereocenters. The van der Waals surface area contributed by atoms with E-state index in [0.29, 0.717) is 16.1 Å². The van der Waals surface area contributed by atoms with E-state index in [4.69, 9.17) is 37.5 Å². The van der Waals surface area contributed by atoms with E-state index in [1.54, 1.807) is 20.2 Å². The van der Waals surface area contributed by atoms with Gasteiger partial charge in [0.05, 0.1) is 29.2 Å². The topological polar surface area (TPSA) is 51.2 Å². The molecule has 8 heteroatoms. The molecule has 1 amide bonds. The molecular weight excluding hydrogens is 391 g/mol. The Morgan fingerprint density at radius 1 is 1.26 bits per heavy atom. The predicted octanol–water partition coefficient (Wildman–Crippen LogP) is 3.18. The number of piperidine rings is 1. The molecule has 1 aromatic rings. The summed E-state index contributed by atoms with van der Waals surface area (Å²) in [5.41, 5.74) is 1.02. The van der Waals surface area contributed by atoms with Crippen molar-refractivity contribution in [1.82, 2.24) is 9.96 Å². The second-order valence-corrected chi connectivity index (χ2v) is 8.03. The number of hydrogen-bond acceptors (Lipinski definition) is 5. The number of carbonyl (C=O) groups excluding carboxylic acids is 1. The van der Waals surface area contributed by atoms with Gasteiger partial charge in [-0.1, -0.05) is 29.3 Å². The van der Waals surface area contributed by atoms with E-state index in [-0.39, 0.29) is 36.7 Å². The Balaban J connectivity index is 1.99. The van der Waals surface area contributed by atoms with Crippen molar-refractivity contribution in [2.24, 2.45) is 5.92 Å². The molecule has 0 aromatic heterocycles. The molecule has 27 heavy (non-hydrogen) atoms. The number of fused-ring (bicyclic) bond motifs is 2. The Bertz CT molecular complexity index is 690. The summed E-state index contributed by atoms with van der Waals surface area (Å²) in [6.07, 6.45) is 1.63. The van der Waals surface area contributed by atoms with E-state index >= 15 is 0 Å². The molecule has 0 N–H and O–H groups in total. The lowest BCUT2D eigenvalue weighted by Crippen LogP contribution is -2.54. The quantitative estimate of drug-likeness (QED) is 0.526. The van der Waals surface area contributed by atoms with Gasteiger partial charge in [-0.3, -0.25) is 14.5 Å². The highest BCUT2D eigenvalue weighted by atomic mass is 35.5. The van der Waals surface area contributed by atoms with Crippen molar-refractivity contribution >= 4 is 29.1 Å². The SMILES string of the molecule is COCO[C@@H]1C[C@H]2C[C@@H](c3ccc(Cl)c(Cl)c3)[C@H](C(=O)N(C)OC)[C@@H]1N2C. The average molecular weight is 417 g/mol. The summed E-state index contributed by atoms with van der Waals surface area (Å²) in [5.74, 6) is -0.387. The zero-order chi connectivity index (χ0) is 19.7. The number of amides is 1. The van der Waals surface area contributed by atoms with Crippen molar-refractivity contribution in [2.45, 2.75) is 36.9 Å². The summed E-state index contributed by atoms with van der Waals surface area (Å²) >= 11 is 12.4. The van der Waals surface area contributed by atoms with Crippen LogP contribution >= 0.6 is 23.2 Å². The monoisotopic (exact) mass is 416 g/mol. The number of hydroxylamine groups is 2. The van der Waals surface area contributed by atoms with Crippen LogP contribution < -0.4 is 0 Å². The fourth-order valence-electron chi connectivity index (χ4n) is 4.53. The van der Waals surface area contributed by atoms with Gasteiger partial charge in [0, 0.05) is 26.2 Å². The van der Waals surface area contributed by atoms with Crippen molar-refractivity contribution in [3.63, 3.8) is 0 Å². The van der Waals surface area contributed by atoms with Crippen LogP contribution in [-0.2, 0) is 19.1 Å². The third-order valence-electron chi connectivity index (χ3n) is 5.90. The van der Waals surface area contributed by atoms with Crippen LogP contribution in [0.15, 0.2) is 18.2 Å². The lowest BCUT2D eigenvalue weighted by Gasteiger charge is -2.44. The normalized spacial score (nSPS) is 30.5. The molecule has 2 aliphatic rings. The Morgan fingerprint density at radius 3 is 2.63 bits per heavy atom. The summed E-state index contributed by atoms with van der Waals surface area (Å²) in [6, 6.07) is 5.88. The van der Waals surface area contributed by atoms with Gasteiger partial charge in [-0.15, -0.1) is 0 Å². The minimum absolute atomic E-state index is 0.00668. The molecule has 2 heterocycles. The maximum atomic E-state index is 13.2. The molecule has 2 bridgehead atoms. The number of carbonyl (C=O) groups is 1. The molecule has 3 rings (SSSR count). The zero-order valence-corrected chi connectivity index (χ0v) is 17.5. The highest BCUT2D eigenvalue weighted by Crippen LogP contribution is 2.48. The Morgan fingerprint density at radius 2 is 2.00 bits per heavy atom. The van der Waals surface area contributed by atoms with Crippen LogP contribution in [0.4, 0.5) is 0 Å². The van der Waals surface area contributed by atoms with E-state index in [0.717, 1.165) is 18.4 Å². The lowest BCUT2D eigenvalue weighted by molar-refractivity contribution is -0.180. The minimum Gasteiger partial charge on any atom is -0.359 e. The second-order valence-electron chi connectivity index (χ2n) is 7.22. The molecule has 150 valence electrons. The number of likely N-dealkylation sites (N-methyl/N-ethyl adjacent to an activating group) is 1. The molecule has 0 aliphatic carbocycles. The first-order chi connectivity index (χ1) is 12.9. The van der Waals surface area contributed by atoms with Crippen LogP contribution in [0.25, 0.3) is 0 Å². The molecule has 6 nitrogen and oxygen atoms in total. The number of halogens is 2. The van der Waals surface area contributed by atoms with Crippen molar-refractivity contribution in [3.8, 4) is 0 Å². The van der Waals surface area contributed by atoms with E-state index in [1.807, 2.05) is 12.1 Å². The van der Waals surface area contributed by atoms with Crippen LogP contribution in [0, 0.1) is 5.92 Å². The summed E-state index contributed by atoms with van der Waals surface area (Å²) in [7, 11) is 6.80. The smallest absolute Gasteiger partial charge is 0.251 e. The van der Waals surface area contributed by atoms with Gasteiger partial charge < -0.3 is 9.47 Å². The molecule has 0 radical (unpaired) electrons. The number of methoxy groups -OCH3 is 1. The van der Waals surface area contributed by atoms with E-state index in [9.17, 15) is 4.79 Å². The molecule has 1 aromatic carbocycles. The summed E-state index contributed by atoms with van der Waals surface area (Å²) in [5, 5.41) is 2.31. The average Bonchev–Trinajstić information content (AvgIpc) is 2.86. The van der Waals surface area contributed by atoms with Crippen molar-refractivity contribution in [1.29, 1.82) is 0 Å². The number of hydrogen-bond donors (Lipinski definition) is 0. The molecule has 2 saturated heterocycles. The summed E-state index contributed by atoms with van der Waals surface area (Å²) in [4.78, 5) is 20.7. The molecule has 5 atom stereocenters. The van der Waals surface area contributed by atoms with Crippen molar-refractivity contribution in [3.05, 3.63) is 33.8 Å². The fourth-order valence-corrected chi connectivity index (χ4v) is 4.84. The van der Waals surface area contributed by atoms with Gasteiger partial charge in [0.2, 0.25) is 0 Å². The van der Waals surface area contributed by atoms with Crippen LogP contribution in [-0.4, -0.2) is 69.2 Å². The molecule has 2 fully saturated rings. The molecule has 0 saturated carbocycles. The molecular formula is C19H26Cl2N2O4. The van der Waals surface area contributed by atoms with E-state index < -0.39 is 0 Å². The maximum Gasteiger partial charge on any atom is 0.251 e. The Hall–Kier alpha value is -0.890. The highest BCUT2D eigenvalue weighted by molar-refractivity contribution is 6.42. The van der Waals surface area contributed by atoms with Crippen molar-refractivity contribution in [2.75, 3.05) is 35.1 Å². The van der Waals surface area contributed by atoms with Crippen LogP contribution in [0.2, 0.25) is 10.0 Å².